The lowest BCUT2D eigenvalue weighted by Gasteiger charge is -2.35. The van der Waals surface area contributed by atoms with E-state index in [0.29, 0.717) is 17.9 Å². The maximum atomic E-state index is 12.8. The highest BCUT2D eigenvalue weighted by Gasteiger charge is 2.42. The van der Waals surface area contributed by atoms with Crippen molar-refractivity contribution in [3.8, 4) is 0 Å². The quantitative estimate of drug-likeness (QED) is 0.787. The summed E-state index contributed by atoms with van der Waals surface area (Å²) in [6.07, 6.45) is -2.43. The van der Waals surface area contributed by atoms with Crippen LogP contribution in [0.5, 0.6) is 0 Å². The van der Waals surface area contributed by atoms with Gasteiger partial charge in [0, 0.05) is 11.1 Å². The molecule has 1 unspecified atom stereocenters. The van der Waals surface area contributed by atoms with E-state index >= 15 is 0 Å². The largest absolute Gasteiger partial charge is 0.391 e. The van der Waals surface area contributed by atoms with Crippen molar-refractivity contribution in [3.05, 3.63) is 34.9 Å². The number of benzene rings is 1. The molecule has 0 amide bonds. The minimum Gasteiger partial charge on any atom is -0.310 e. The first-order valence-corrected chi connectivity index (χ1v) is 7.85. The van der Waals surface area contributed by atoms with Crippen molar-refractivity contribution in [2.24, 2.45) is 11.8 Å². The van der Waals surface area contributed by atoms with Gasteiger partial charge in [0.05, 0.1) is 5.92 Å². The van der Waals surface area contributed by atoms with E-state index in [2.05, 4.69) is 5.32 Å². The molecule has 1 aliphatic carbocycles. The SMILES string of the molecule is CCNC(c1ccccc1Cl)C1CCC(C(F)(F)F)CC1. The fraction of sp³-hybridized carbons (Fsp3) is 0.625. The molecule has 0 bridgehead atoms. The predicted octanol–water partition coefficient (Wildman–Crippen LogP) is 5.36. The molecule has 1 N–H and O–H groups in total. The Morgan fingerprint density at radius 3 is 2.33 bits per heavy atom. The average molecular weight is 320 g/mol. The summed E-state index contributed by atoms with van der Waals surface area (Å²) in [7, 11) is 0. The molecule has 1 aromatic carbocycles. The van der Waals surface area contributed by atoms with Gasteiger partial charge in [0.15, 0.2) is 0 Å². The van der Waals surface area contributed by atoms with Crippen LogP contribution in [0.25, 0.3) is 0 Å². The van der Waals surface area contributed by atoms with Crippen LogP contribution in [0.2, 0.25) is 5.02 Å². The highest BCUT2D eigenvalue weighted by molar-refractivity contribution is 6.31. The zero-order valence-electron chi connectivity index (χ0n) is 12.1. The van der Waals surface area contributed by atoms with Gasteiger partial charge in [-0.2, -0.15) is 13.2 Å². The maximum Gasteiger partial charge on any atom is 0.391 e. The van der Waals surface area contributed by atoms with Crippen molar-refractivity contribution >= 4 is 11.6 Å². The van der Waals surface area contributed by atoms with E-state index in [1.165, 1.54) is 0 Å². The fourth-order valence-electron chi connectivity index (χ4n) is 3.26. The summed E-state index contributed by atoms with van der Waals surface area (Å²) in [4.78, 5) is 0. The second-order valence-corrected chi connectivity index (χ2v) is 6.12. The normalized spacial score (nSPS) is 24.8. The summed E-state index contributed by atoms with van der Waals surface area (Å²) in [6.45, 7) is 2.78. The second-order valence-electron chi connectivity index (χ2n) is 5.71. The van der Waals surface area contributed by atoms with Gasteiger partial charge in [-0.05, 0) is 49.8 Å². The van der Waals surface area contributed by atoms with Crippen molar-refractivity contribution < 1.29 is 13.2 Å². The molecule has 1 saturated carbocycles. The fourth-order valence-corrected chi connectivity index (χ4v) is 3.51. The first-order valence-electron chi connectivity index (χ1n) is 7.48. The van der Waals surface area contributed by atoms with Gasteiger partial charge in [-0.1, -0.05) is 36.7 Å². The summed E-state index contributed by atoms with van der Waals surface area (Å²) < 4.78 is 38.3. The van der Waals surface area contributed by atoms with Crippen LogP contribution in [0.15, 0.2) is 24.3 Å². The molecule has 1 nitrogen and oxygen atoms in total. The lowest BCUT2D eigenvalue weighted by Crippen LogP contribution is -2.34. The maximum absolute atomic E-state index is 12.8. The minimum atomic E-state index is -4.05. The van der Waals surface area contributed by atoms with Crippen LogP contribution >= 0.6 is 11.6 Å². The topological polar surface area (TPSA) is 12.0 Å². The van der Waals surface area contributed by atoms with E-state index in [4.69, 9.17) is 11.6 Å². The van der Waals surface area contributed by atoms with Crippen LogP contribution in [0.3, 0.4) is 0 Å². The van der Waals surface area contributed by atoms with Gasteiger partial charge in [0.25, 0.3) is 0 Å². The predicted molar refractivity (Wildman–Crippen MR) is 79.4 cm³/mol. The lowest BCUT2D eigenvalue weighted by atomic mass is 9.76. The molecule has 118 valence electrons. The monoisotopic (exact) mass is 319 g/mol. The third-order valence-electron chi connectivity index (χ3n) is 4.37. The third-order valence-corrected chi connectivity index (χ3v) is 4.71. The van der Waals surface area contributed by atoms with Gasteiger partial charge in [0.1, 0.15) is 0 Å². The van der Waals surface area contributed by atoms with Crippen molar-refractivity contribution in [3.63, 3.8) is 0 Å². The molecule has 21 heavy (non-hydrogen) atoms. The summed E-state index contributed by atoms with van der Waals surface area (Å²) in [5.41, 5.74) is 0.997. The van der Waals surface area contributed by atoms with E-state index in [1.54, 1.807) is 0 Å². The number of hydrogen-bond acceptors (Lipinski definition) is 1. The van der Waals surface area contributed by atoms with Crippen LogP contribution in [0.4, 0.5) is 13.2 Å². The lowest BCUT2D eigenvalue weighted by molar-refractivity contribution is -0.184. The minimum absolute atomic E-state index is 0.0397. The molecule has 0 aliphatic heterocycles. The number of nitrogens with one attached hydrogen (secondary N) is 1. The molecule has 1 fully saturated rings. The molecule has 0 aromatic heterocycles. The van der Waals surface area contributed by atoms with Crippen molar-refractivity contribution in [1.82, 2.24) is 5.32 Å². The van der Waals surface area contributed by atoms with Gasteiger partial charge in [0.2, 0.25) is 0 Å². The van der Waals surface area contributed by atoms with Gasteiger partial charge in [-0.25, -0.2) is 0 Å². The zero-order chi connectivity index (χ0) is 15.5. The van der Waals surface area contributed by atoms with Crippen molar-refractivity contribution in [1.29, 1.82) is 0 Å². The van der Waals surface area contributed by atoms with E-state index in [-0.39, 0.29) is 24.8 Å². The van der Waals surface area contributed by atoms with Crippen LogP contribution < -0.4 is 5.32 Å². The Labute approximate surface area is 128 Å². The molecule has 0 saturated heterocycles. The van der Waals surface area contributed by atoms with Gasteiger partial charge in [-0.15, -0.1) is 0 Å². The molecule has 1 atom stereocenters. The van der Waals surface area contributed by atoms with Crippen molar-refractivity contribution in [2.45, 2.75) is 44.8 Å². The Morgan fingerprint density at radius 1 is 1.19 bits per heavy atom. The molecule has 0 radical (unpaired) electrons. The summed E-state index contributed by atoms with van der Waals surface area (Å²) in [5, 5.41) is 4.08. The third kappa shape index (κ3) is 4.13. The molecule has 0 spiro atoms. The number of rotatable bonds is 4. The van der Waals surface area contributed by atoms with Crippen LogP contribution in [0, 0.1) is 11.8 Å². The summed E-state index contributed by atoms with van der Waals surface area (Å²) >= 11 is 6.26. The second kappa shape index (κ2) is 7.01. The standard InChI is InChI=1S/C16H21ClF3N/c1-2-21-15(13-5-3-4-6-14(13)17)11-7-9-12(10-8-11)16(18,19)20/h3-6,11-12,15,21H,2,7-10H2,1H3. The Balaban J connectivity index is 2.09. The summed E-state index contributed by atoms with van der Waals surface area (Å²) in [6, 6.07) is 7.63. The first-order chi connectivity index (χ1) is 9.93. The molecule has 1 aliphatic rings. The number of hydrogen-bond donors (Lipinski definition) is 1. The number of halogens is 4. The Morgan fingerprint density at radius 2 is 1.81 bits per heavy atom. The summed E-state index contributed by atoms with van der Waals surface area (Å²) in [5.74, 6) is -0.925. The van der Waals surface area contributed by atoms with Gasteiger partial charge in [-0.3, -0.25) is 0 Å². The van der Waals surface area contributed by atoms with E-state index < -0.39 is 12.1 Å². The van der Waals surface area contributed by atoms with E-state index in [9.17, 15) is 13.2 Å². The Kier molecular flexibility index (Phi) is 5.55. The van der Waals surface area contributed by atoms with Crippen LogP contribution in [-0.4, -0.2) is 12.7 Å². The Hall–Kier alpha value is -0.740. The smallest absolute Gasteiger partial charge is 0.310 e. The molecule has 2 rings (SSSR count). The highest BCUT2D eigenvalue weighted by atomic mass is 35.5. The number of alkyl halides is 3. The van der Waals surface area contributed by atoms with Gasteiger partial charge < -0.3 is 5.32 Å². The van der Waals surface area contributed by atoms with Crippen molar-refractivity contribution in [2.75, 3.05) is 6.54 Å². The first kappa shape index (κ1) is 16.6. The van der Waals surface area contributed by atoms with E-state index in [0.717, 1.165) is 12.1 Å². The zero-order valence-corrected chi connectivity index (χ0v) is 12.8. The van der Waals surface area contributed by atoms with E-state index in [1.807, 2.05) is 31.2 Å². The average Bonchev–Trinajstić information content (AvgIpc) is 2.45. The van der Waals surface area contributed by atoms with Crippen LogP contribution in [-0.2, 0) is 0 Å². The molecular weight excluding hydrogens is 299 g/mol. The highest BCUT2D eigenvalue weighted by Crippen LogP contribution is 2.43. The Bertz CT molecular complexity index is 453. The molecule has 1 aromatic rings. The molecular formula is C16H21ClF3N. The van der Waals surface area contributed by atoms with Gasteiger partial charge >= 0.3 is 6.18 Å². The molecule has 5 heteroatoms. The van der Waals surface area contributed by atoms with Crippen LogP contribution in [0.1, 0.15) is 44.2 Å². The molecule has 0 heterocycles.